The van der Waals surface area contributed by atoms with Crippen molar-refractivity contribution < 1.29 is 0 Å². The van der Waals surface area contributed by atoms with Crippen LogP contribution in [-0.4, -0.2) is 6.15 Å². The zero-order valence-corrected chi connectivity index (χ0v) is 15.9. The molecule has 0 spiro atoms. The first-order valence-corrected chi connectivity index (χ1v) is 10.5. The lowest BCUT2D eigenvalue weighted by Gasteiger charge is -2.40. The maximum atomic E-state index is 2.35. The maximum Gasteiger partial charge on any atom is 0.000747 e. The maximum absolute atomic E-state index is 2.35. The Hall–Kier alpha value is 0.0649. The predicted molar refractivity (Wildman–Crippen MR) is 103 cm³/mol. The van der Waals surface area contributed by atoms with E-state index in [-0.39, 0.29) is 6.15 Å². The summed E-state index contributed by atoms with van der Waals surface area (Å²) < 4.78 is 0. The van der Waals surface area contributed by atoms with E-state index >= 15 is 0 Å². The Morgan fingerprint density at radius 3 is 0.810 bits per heavy atom. The zero-order chi connectivity index (χ0) is 15.8. The molecular formula is C20H44B-. The summed E-state index contributed by atoms with van der Waals surface area (Å²) in [4.78, 5) is 0. The summed E-state index contributed by atoms with van der Waals surface area (Å²) in [5.74, 6) is 0. The highest BCUT2D eigenvalue weighted by Gasteiger charge is 2.22. The third kappa shape index (κ3) is 11.3. The highest BCUT2D eigenvalue weighted by Crippen LogP contribution is 2.34. The van der Waals surface area contributed by atoms with Gasteiger partial charge in [0.2, 0.25) is 0 Å². The minimum Gasteiger partial charge on any atom is -0.178 e. The molecule has 0 heterocycles. The summed E-state index contributed by atoms with van der Waals surface area (Å²) in [6.07, 6.45) is 23.6. The van der Waals surface area contributed by atoms with Gasteiger partial charge in [-0.2, -0.15) is 25.3 Å². The summed E-state index contributed by atoms with van der Waals surface area (Å²) in [7, 11) is 0. The number of hydrogen-bond acceptors (Lipinski definition) is 0. The van der Waals surface area contributed by atoms with E-state index in [4.69, 9.17) is 0 Å². The van der Waals surface area contributed by atoms with Crippen LogP contribution in [0.15, 0.2) is 0 Å². The monoisotopic (exact) mass is 295 g/mol. The van der Waals surface area contributed by atoms with Crippen LogP contribution >= 0.6 is 0 Å². The van der Waals surface area contributed by atoms with Crippen molar-refractivity contribution in [3.8, 4) is 0 Å². The molecule has 0 saturated carbocycles. The van der Waals surface area contributed by atoms with Crippen LogP contribution in [0.5, 0.6) is 0 Å². The Morgan fingerprint density at radius 2 is 0.619 bits per heavy atom. The molecule has 0 aliphatic carbocycles. The van der Waals surface area contributed by atoms with Crippen molar-refractivity contribution >= 4 is 6.15 Å². The minimum absolute atomic E-state index is 0.0383. The van der Waals surface area contributed by atoms with Gasteiger partial charge in [0.25, 0.3) is 0 Å². The Kier molecular flexibility index (Phi) is 15.0. The Morgan fingerprint density at radius 1 is 0.381 bits per heavy atom. The minimum atomic E-state index is -0.0383. The lowest BCUT2D eigenvalue weighted by molar-refractivity contribution is 0.693. The van der Waals surface area contributed by atoms with Crippen molar-refractivity contribution in [1.82, 2.24) is 0 Å². The van der Waals surface area contributed by atoms with Crippen molar-refractivity contribution in [2.45, 2.75) is 130 Å². The summed E-state index contributed by atoms with van der Waals surface area (Å²) in [5.41, 5.74) is 0. The highest BCUT2D eigenvalue weighted by molar-refractivity contribution is 6.79. The third-order valence-electron chi connectivity index (χ3n) is 5.68. The van der Waals surface area contributed by atoms with Crippen molar-refractivity contribution in [2.24, 2.45) is 0 Å². The average Bonchev–Trinajstić information content (AvgIpc) is 2.48. The van der Waals surface area contributed by atoms with Crippen molar-refractivity contribution in [2.75, 3.05) is 0 Å². The standard InChI is InChI=1S/C20H44B/c1-5-9-13-17-21(18-14-10-6-2,19-15-11-7-3)20-16-12-8-4/h5-20H2,1-4H3/q-1. The second kappa shape index (κ2) is 15.0. The van der Waals surface area contributed by atoms with Gasteiger partial charge >= 0.3 is 0 Å². The molecule has 0 N–H and O–H groups in total. The van der Waals surface area contributed by atoms with Crippen LogP contribution in [0.3, 0.4) is 0 Å². The van der Waals surface area contributed by atoms with Crippen LogP contribution in [0.25, 0.3) is 0 Å². The van der Waals surface area contributed by atoms with E-state index in [2.05, 4.69) is 27.7 Å². The van der Waals surface area contributed by atoms with Gasteiger partial charge in [0.05, 0.1) is 0 Å². The summed E-state index contributed by atoms with van der Waals surface area (Å²) in [5, 5.41) is 0. The fourth-order valence-corrected chi connectivity index (χ4v) is 4.18. The SMILES string of the molecule is CCCCC[B-](CCCCC)(CCCCC)CCCCC. The van der Waals surface area contributed by atoms with Gasteiger partial charge in [0.15, 0.2) is 0 Å². The van der Waals surface area contributed by atoms with Crippen LogP contribution in [0.4, 0.5) is 0 Å². The van der Waals surface area contributed by atoms with Gasteiger partial charge in [-0.05, 0) is 0 Å². The fourth-order valence-electron chi connectivity index (χ4n) is 4.18. The number of hydrogen-bond donors (Lipinski definition) is 0. The molecule has 0 aromatic heterocycles. The van der Waals surface area contributed by atoms with Crippen LogP contribution in [0, 0.1) is 0 Å². The lowest BCUT2D eigenvalue weighted by atomic mass is 9.17. The molecule has 0 atom stereocenters. The first-order valence-electron chi connectivity index (χ1n) is 10.5. The van der Waals surface area contributed by atoms with Crippen LogP contribution in [0.1, 0.15) is 105 Å². The normalized spacial score (nSPS) is 12.0. The molecular weight excluding hydrogens is 251 g/mol. The Balaban J connectivity index is 4.52. The average molecular weight is 295 g/mol. The largest absolute Gasteiger partial charge is 0.178 e. The molecule has 0 bridgehead atoms. The smallest absolute Gasteiger partial charge is 0.000747 e. The van der Waals surface area contributed by atoms with Gasteiger partial charge in [-0.3, -0.25) is 0 Å². The van der Waals surface area contributed by atoms with E-state index in [0.29, 0.717) is 0 Å². The molecule has 0 rings (SSSR count). The molecule has 0 aromatic rings. The lowest BCUT2D eigenvalue weighted by Crippen LogP contribution is -2.33. The van der Waals surface area contributed by atoms with Gasteiger partial charge in [-0.15, -0.1) is 0 Å². The molecule has 0 aliphatic heterocycles. The van der Waals surface area contributed by atoms with E-state index in [1.807, 2.05) is 0 Å². The first kappa shape index (κ1) is 21.1. The number of unbranched alkanes of at least 4 members (excludes halogenated alkanes) is 8. The molecule has 0 radical (unpaired) electrons. The topological polar surface area (TPSA) is 0 Å². The molecule has 0 amide bonds. The van der Waals surface area contributed by atoms with Crippen molar-refractivity contribution in [3.63, 3.8) is 0 Å². The molecule has 0 unspecified atom stereocenters. The quantitative estimate of drug-likeness (QED) is 0.199. The second-order valence-electron chi connectivity index (χ2n) is 7.72. The van der Waals surface area contributed by atoms with Crippen molar-refractivity contribution in [3.05, 3.63) is 0 Å². The summed E-state index contributed by atoms with van der Waals surface area (Å²) in [6.45, 7) is 9.39. The van der Waals surface area contributed by atoms with E-state index in [1.54, 1.807) is 25.3 Å². The van der Waals surface area contributed by atoms with Gasteiger partial charge in [-0.1, -0.05) is 105 Å². The summed E-state index contributed by atoms with van der Waals surface area (Å²) >= 11 is 0. The Bertz CT molecular complexity index is 155. The van der Waals surface area contributed by atoms with Crippen LogP contribution in [-0.2, 0) is 0 Å². The molecule has 0 nitrogen and oxygen atoms in total. The van der Waals surface area contributed by atoms with E-state index < -0.39 is 0 Å². The molecule has 1 heteroatoms. The van der Waals surface area contributed by atoms with E-state index in [1.165, 1.54) is 77.0 Å². The summed E-state index contributed by atoms with van der Waals surface area (Å²) in [6, 6.07) is 0. The van der Waals surface area contributed by atoms with Crippen molar-refractivity contribution in [1.29, 1.82) is 0 Å². The molecule has 0 fully saturated rings. The fraction of sp³-hybridized carbons (Fsp3) is 1.00. The van der Waals surface area contributed by atoms with E-state index in [0.717, 1.165) is 0 Å². The van der Waals surface area contributed by atoms with E-state index in [9.17, 15) is 0 Å². The number of rotatable bonds is 16. The predicted octanol–water partition coefficient (Wildman–Crippen LogP) is 8.20. The zero-order valence-electron chi connectivity index (χ0n) is 15.9. The first-order chi connectivity index (χ1) is 10.2. The van der Waals surface area contributed by atoms with Crippen LogP contribution < -0.4 is 0 Å². The van der Waals surface area contributed by atoms with Gasteiger partial charge in [0, 0.05) is 6.15 Å². The third-order valence-corrected chi connectivity index (χ3v) is 5.68. The van der Waals surface area contributed by atoms with Crippen LogP contribution in [0.2, 0.25) is 25.3 Å². The second-order valence-corrected chi connectivity index (χ2v) is 7.72. The van der Waals surface area contributed by atoms with Gasteiger partial charge in [0.1, 0.15) is 0 Å². The highest BCUT2D eigenvalue weighted by atomic mass is 14.0. The molecule has 0 saturated heterocycles. The molecule has 128 valence electrons. The molecule has 21 heavy (non-hydrogen) atoms. The molecule has 0 aliphatic rings. The van der Waals surface area contributed by atoms with Gasteiger partial charge < -0.3 is 0 Å². The molecule has 0 aromatic carbocycles. The Labute approximate surface area is 136 Å². The van der Waals surface area contributed by atoms with Gasteiger partial charge in [-0.25, -0.2) is 0 Å².